The van der Waals surface area contributed by atoms with Gasteiger partial charge < -0.3 is 10.2 Å². The molecular formula is C17H19NO2. The Morgan fingerprint density at radius 2 is 1.35 bits per heavy atom. The van der Waals surface area contributed by atoms with Crippen LogP contribution in [0.4, 0.5) is 0 Å². The lowest BCUT2D eigenvalue weighted by Crippen LogP contribution is -2.22. The lowest BCUT2D eigenvalue weighted by molar-refractivity contribution is 0.0572. The molecule has 1 saturated heterocycles. The van der Waals surface area contributed by atoms with Crippen molar-refractivity contribution in [1.82, 2.24) is 4.90 Å². The highest BCUT2D eigenvalue weighted by Crippen LogP contribution is 2.20. The maximum atomic E-state index is 9.55. The van der Waals surface area contributed by atoms with Gasteiger partial charge in [0.15, 0.2) is 0 Å². The first kappa shape index (κ1) is 13.3. The molecule has 104 valence electrons. The van der Waals surface area contributed by atoms with Crippen molar-refractivity contribution in [2.45, 2.75) is 18.8 Å². The van der Waals surface area contributed by atoms with Crippen LogP contribution < -0.4 is 0 Å². The summed E-state index contributed by atoms with van der Waals surface area (Å²) in [5.74, 6) is 0. The summed E-state index contributed by atoms with van der Waals surface area (Å²) in [5, 5.41) is 19.1. The molecule has 0 amide bonds. The molecule has 2 aromatic rings. The van der Waals surface area contributed by atoms with Gasteiger partial charge in [0.05, 0.1) is 12.2 Å². The van der Waals surface area contributed by atoms with E-state index in [9.17, 15) is 10.2 Å². The molecule has 0 bridgehead atoms. The number of hydrogen-bond donors (Lipinski definition) is 2. The van der Waals surface area contributed by atoms with Gasteiger partial charge in [-0.15, -0.1) is 0 Å². The second-order valence-corrected chi connectivity index (χ2v) is 5.39. The van der Waals surface area contributed by atoms with E-state index in [2.05, 4.69) is 41.3 Å². The van der Waals surface area contributed by atoms with Crippen molar-refractivity contribution in [2.24, 2.45) is 0 Å². The Bertz CT molecular complexity index is 543. The molecule has 0 unspecified atom stereocenters. The van der Waals surface area contributed by atoms with Crippen LogP contribution in [0, 0.1) is 0 Å². The van der Waals surface area contributed by atoms with Gasteiger partial charge in [-0.25, -0.2) is 0 Å². The third-order valence-electron chi connectivity index (χ3n) is 3.80. The van der Waals surface area contributed by atoms with Crippen molar-refractivity contribution in [1.29, 1.82) is 0 Å². The van der Waals surface area contributed by atoms with E-state index in [1.807, 2.05) is 18.2 Å². The molecule has 0 saturated carbocycles. The Morgan fingerprint density at radius 3 is 1.95 bits per heavy atom. The minimum atomic E-state index is -0.612. The molecule has 0 spiro atoms. The monoisotopic (exact) mass is 269 g/mol. The smallest absolute Gasteiger partial charge is 0.0938 e. The van der Waals surface area contributed by atoms with Crippen LogP contribution in [0.3, 0.4) is 0 Å². The van der Waals surface area contributed by atoms with Crippen LogP contribution in [0.2, 0.25) is 0 Å². The van der Waals surface area contributed by atoms with Crippen molar-refractivity contribution in [3.8, 4) is 11.1 Å². The summed E-state index contributed by atoms with van der Waals surface area (Å²) in [6, 6.07) is 18.7. The van der Waals surface area contributed by atoms with Gasteiger partial charge in [-0.05, 0) is 16.7 Å². The fraction of sp³-hybridized carbons (Fsp3) is 0.294. The molecule has 1 aliphatic rings. The summed E-state index contributed by atoms with van der Waals surface area (Å²) in [6.07, 6.45) is -1.22. The molecular weight excluding hydrogens is 250 g/mol. The van der Waals surface area contributed by atoms with Gasteiger partial charge in [-0.3, -0.25) is 4.90 Å². The molecule has 1 aliphatic heterocycles. The predicted octanol–water partition coefficient (Wildman–Crippen LogP) is 1.89. The Kier molecular flexibility index (Phi) is 3.83. The number of likely N-dealkylation sites (tertiary alicyclic amines) is 1. The van der Waals surface area contributed by atoms with Gasteiger partial charge in [0.2, 0.25) is 0 Å². The quantitative estimate of drug-likeness (QED) is 0.894. The van der Waals surface area contributed by atoms with E-state index in [1.54, 1.807) is 0 Å². The van der Waals surface area contributed by atoms with Crippen LogP contribution in [0.15, 0.2) is 54.6 Å². The maximum Gasteiger partial charge on any atom is 0.0938 e. The molecule has 0 aliphatic carbocycles. The van der Waals surface area contributed by atoms with Crippen LogP contribution in [0.5, 0.6) is 0 Å². The summed E-state index contributed by atoms with van der Waals surface area (Å²) >= 11 is 0. The highest BCUT2D eigenvalue weighted by Gasteiger charge is 2.29. The van der Waals surface area contributed by atoms with E-state index in [1.165, 1.54) is 16.7 Å². The predicted molar refractivity (Wildman–Crippen MR) is 79.2 cm³/mol. The fourth-order valence-corrected chi connectivity index (χ4v) is 2.67. The van der Waals surface area contributed by atoms with Crippen molar-refractivity contribution < 1.29 is 10.2 Å². The van der Waals surface area contributed by atoms with E-state index < -0.39 is 12.2 Å². The molecule has 3 rings (SSSR count). The lowest BCUT2D eigenvalue weighted by atomic mass is 10.0. The SMILES string of the molecule is O[C@@H]1CN(Cc2ccc(-c3ccccc3)cc2)C[C@@H]1O. The zero-order valence-corrected chi connectivity index (χ0v) is 11.3. The molecule has 2 atom stereocenters. The average Bonchev–Trinajstić information content (AvgIpc) is 2.79. The topological polar surface area (TPSA) is 43.7 Å². The van der Waals surface area contributed by atoms with Crippen molar-refractivity contribution in [3.63, 3.8) is 0 Å². The number of rotatable bonds is 3. The zero-order valence-electron chi connectivity index (χ0n) is 11.3. The largest absolute Gasteiger partial charge is 0.389 e. The summed E-state index contributed by atoms with van der Waals surface area (Å²) in [6.45, 7) is 1.85. The molecule has 3 heteroatoms. The normalized spacial score (nSPS) is 23.1. The first-order valence-electron chi connectivity index (χ1n) is 6.95. The first-order chi connectivity index (χ1) is 9.72. The summed E-state index contributed by atoms with van der Waals surface area (Å²) < 4.78 is 0. The van der Waals surface area contributed by atoms with Gasteiger partial charge in [0, 0.05) is 19.6 Å². The third-order valence-corrected chi connectivity index (χ3v) is 3.80. The van der Waals surface area contributed by atoms with Gasteiger partial charge in [0.1, 0.15) is 0 Å². The van der Waals surface area contributed by atoms with E-state index in [4.69, 9.17) is 0 Å². The van der Waals surface area contributed by atoms with Crippen molar-refractivity contribution in [2.75, 3.05) is 13.1 Å². The number of aliphatic hydroxyl groups is 2. The van der Waals surface area contributed by atoms with Crippen LogP contribution in [0.25, 0.3) is 11.1 Å². The van der Waals surface area contributed by atoms with Crippen LogP contribution in [0.1, 0.15) is 5.56 Å². The van der Waals surface area contributed by atoms with Gasteiger partial charge >= 0.3 is 0 Å². The van der Waals surface area contributed by atoms with Crippen LogP contribution in [-0.4, -0.2) is 40.4 Å². The first-order valence-corrected chi connectivity index (χ1v) is 6.95. The second-order valence-electron chi connectivity index (χ2n) is 5.39. The minimum absolute atomic E-state index is 0.543. The zero-order chi connectivity index (χ0) is 13.9. The highest BCUT2D eigenvalue weighted by atomic mass is 16.3. The van der Waals surface area contributed by atoms with Crippen LogP contribution in [-0.2, 0) is 6.54 Å². The third kappa shape index (κ3) is 2.90. The second kappa shape index (κ2) is 5.75. The van der Waals surface area contributed by atoms with Crippen molar-refractivity contribution in [3.05, 3.63) is 60.2 Å². The molecule has 2 N–H and O–H groups in total. The summed E-state index contributed by atoms with van der Waals surface area (Å²) in [5.41, 5.74) is 3.62. The van der Waals surface area contributed by atoms with Crippen molar-refractivity contribution >= 4 is 0 Å². The maximum absolute atomic E-state index is 9.55. The van der Waals surface area contributed by atoms with E-state index in [0.717, 1.165) is 6.54 Å². The Morgan fingerprint density at radius 1 is 0.800 bits per heavy atom. The van der Waals surface area contributed by atoms with Crippen LogP contribution >= 0.6 is 0 Å². The lowest BCUT2D eigenvalue weighted by Gasteiger charge is -2.15. The molecule has 0 radical (unpaired) electrons. The van der Waals surface area contributed by atoms with E-state index >= 15 is 0 Å². The van der Waals surface area contributed by atoms with Gasteiger partial charge in [-0.2, -0.15) is 0 Å². The molecule has 3 nitrogen and oxygen atoms in total. The van der Waals surface area contributed by atoms with E-state index in [0.29, 0.717) is 13.1 Å². The minimum Gasteiger partial charge on any atom is -0.389 e. The molecule has 0 aromatic heterocycles. The number of β-amino-alcohol motifs (C(OH)–C–C–N with tert-alkyl or cyclic N) is 2. The van der Waals surface area contributed by atoms with Gasteiger partial charge in [0.25, 0.3) is 0 Å². The molecule has 1 fully saturated rings. The Hall–Kier alpha value is -1.68. The fourth-order valence-electron chi connectivity index (χ4n) is 2.67. The Labute approximate surface area is 119 Å². The summed E-state index contributed by atoms with van der Waals surface area (Å²) in [4.78, 5) is 2.08. The molecule has 2 aromatic carbocycles. The Balaban J connectivity index is 1.68. The number of aliphatic hydroxyl groups excluding tert-OH is 2. The van der Waals surface area contributed by atoms with Gasteiger partial charge in [-0.1, -0.05) is 54.6 Å². The summed E-state index contributed by atoms with van der Waals surface area (Å²) in [7, 11) is 0. The molecule has 1 heterocycles. The average molecular weight is 269 g/mol. The highest BCUT2D eigenvalue weighted by molar-refractivity contribution is 5.63. The van der Waals surface area contributed by atoms with E-state index in [-0.39, 0.29) is 0 Å². The number of nitrogens with zero attached hydrogens (tertiary/aromatic N) is 1. The molecule has 20 heavy (non-hydrogen) atoms. The number of benzene rings is 2. The number of hydrogen-bond acceptors (Lipinski definition) is 3. The standard InChI is InChI=1S/C17H19NO2/c19-16-11-18(12-17(16)20)10-13-6-8-15(9-7-13)14-4-2-1-3-5-14/h1-9,16-17,19-20H,10-12H2/t16-,17+.